The Balaban J connectivity index is 1.62. The smallest absolute Gasteiger partial charge is 0.125 e. The fourth-order valence-corrected chi connectivity index (χ4v) is 3.80. The van der Waals surface area contributed by atoms with E-state index in [-0.39, 0.29) is 5.41 Å². The molecule has 1 atom stereocenters. The van der Waals surface area contributed by atoms with E-state index in [1.807, 2.05) is 0 Å². The van der Waals surface area contributed by atoms with E-state index in [2.05, 4.69) is 33.7 Å². The van der Waals surface area contributed by atoms with Crippen molar-refractivity contribution < 1.29 is 4.74 Å². The van der Waals surface area contributed by atoms with Gasteiger partial charge in [0, 0.05) is 55.5 Å². The van der Waals surface area contributed by atoms with Gasteiger partial charge in [-0.1, -0.05) is 6.07 Å². The van der Waals surface area contributed by atoms with Crippen LogP contribution in [0, 0.1) is 0 Å². The molecule has 2 fully saturated rings. The van der Waals surface area contributed by atoms with Gasteiger partial charge in [-0.15, -0.1) is 0 Å². The van der Waals surface area contributed by atoms with Gasteiger partial charge in [-0.3, -0.25) is 0 Å². The van der Waals surface area contributed by atoms with Crippen LogP contribution in [0.4, 0.5) is 5.69 Å². The third-order valence-electron chi connectivity index (χ3n) is 4.99. The van der Waals surface area contributed by atoms with Crippen molar-refractivity contribution in [2.24, 2.45) is 0 Å². The van der Waals surface area contributed by atoms with Crippen molar-refractivity contribution in [3.05, 3.63) is 23.8 Å². The molecule has 0 radical (unpaired) electrons. The van der Waals surface area contributed by atoms with Crippen molar-refractivity contribution in [1.29, 1.82) is 0 Å². The highest BCUT2D eigenvalue weighted by molar-refractivity contribution is 5.57. The molecule has 3 aliphatic heterocycles. The van der Waals surface area contributed by atoms with Crippen LogP contribution in [0.2, 0.25) is 0 Å². The molecular weight excluding hydrogens is 250 g/mol. The second-order valence-electron chi connectivity index (χ2n) is 6.27. The van der Waals surface area contributed by atoms with Crippen molar-refractivity contribution in [1.82, 2.24) is 10.6 Å². The summed E-state index contributed by atoms with van der Waals surface area (Å²) in [6, 6.07) is 6.85. The molecular formula is C16H23N3O. The van der Waals surface area contributed by atoms with Crippen LogP contribution in [0.25, 0.3) is 0 Å². The number of hydrogen-bond donors (Lipinski definition) is 2. The van der Waals surface area contributed by atoms with Crippen LogP contribution in [0.1, 0.15) is 18.4 Å². The zero-order valence-corrected chi connectivity index (χ0v) is 12.0. The first kappa shape index (κ1) is 12.5. The first-order chi connectivity index (χ1) is 9.87. The first-order valence-corrected chi connectivity index (χ1v) is 7.81. The summed E-state index contributed by atoms with van der Waals surface area (Å²) in [5.41, 5.74) is 2.96. The second-order valence-corrected chi connectivity index (χ2v) is 6.27. The Morgan fingerprint density at radius 2 is 2.00 bits per heavy atom. The highest BCUT2D eigenvalue weighted by Crippen LogP contribution is 2.44. The molecule has 1 aromatic rings. The third kappa shape index (κ3) is 1.98. The molecule has 0 aromatic heterocycles. The molecule has 108 valence electrons. The number of nitrogens with one attached hydrogen (secondary N) is 2. The number of ether oxygens (including phenoxy) is 1. The molecule has 2 saturated heterocycles. The van der Waals surface area contributed by atoms with Gasteiger partial charge in [0.2, 0.25) is 0 Å². The highest BCUT2D eigenvalue weighted by atomic mass is 16.5. The summed E-state index contributed by atoms with van der Waals surface area (Å²) >= 11 is 0. The molecule has 20 heavy (non-hydrogen) atoms. The lowest BCUT2D eigenvalue weighted by atomic mass is 9.76. The number of fused-ring (bicyclic) bond motifs is 2. The lowest BCUT2D eigenvalue weighted by Crippen LogP contribution is -2.44. The largest absolute Gasteiger partial charge is 0.492 e. The second kappa shape index (κ2) is 4.93. The maximum atomic E-state index is 6.04. The van der Waals surface area contributed by atoms with Gasteiger partial charge < -0.3 is 20.3 Å². The van der Waals surface area contributed by atoms with Crippen molar-refractivity contribution in [3.8, 4) is 5.75 Å². The number of piperidine rings is 1. The van der Waals surface area contributed by atoms with Gasteiger partial charge in [0.15, 0.2) is 0 Å². The summed E-state index contributed by atoms with van der Waals surface area (Å²) in [5, 5.41) is 6.94. The quantitative estimate of drug-likeness (QED) is 0.804. The SMILES string of the molecule is c1cc2c(cc1N1CCNCC1)OCC21CCCNC1. The summed E-state index contributed by atoms with van der Waals surface area (Å²) in [6.07, 6.45) is 2.50. The molecule has 2 N–H and O–H groups in total. The van der Waals surface area contributed by atoms with Gasteiger partial charge in [-0.25, -0.2) is 0 Å². The Bertz CT molecular complexity index is 490. The monoisotopic (exact) mass is 273 g/mol. The summed E-state index contributed by atoms with van der Waals surface area (Å²) in [5.74, 6) is 1.12. The summed E-state index contributed by atoms with van der Waals surface area (Å²) in [6.45, 7) is 7.39. The lowest BCUT2D eigenvalue weighted by molar-refractivity contribution is 0.224. The molecule has 0 bridgehead atoms. The maximum Gasteiger partial charge on any atom is 0.125 e. The minimum Gasteiger partial charge on any atom is -0.492 e. The molecule has 4 heteroatoms. The Morgan fingerprint density at radius 1 is 1.10 bits per heavy atom. The van der Waals surface area contributed by atoms with E-state index >= 15 is 0 Å². The first-order valence-electron chi connectivity index (χ1n) is 7.81. The van der Waals surface area contributed by atoms with Crippen LogP contribution in [-0.2, 0) is 5.41 Å². The Kier molecular flexibility index (Phi) is 3.08. The third-order valence-corrected chi connectivity index (χ3v) is 4.99. The van der Waals surface area contributed by atoms with Crippen LogP contribution in [0.5, 0.6) is 5.75 Å². The average molecular weight is 273 g/mol. The Hall–Kier alpha value is -1.26. The van der Waals surface area contributed by atoms with E-state index < -0.39 is 0 Å². The van der Waals surface area contributed by atoms with Gasteiger partial charge in [0.1, 0.15) is 5.75 Å². The van der Waals surface area contributed by atoms with E-state index in [9.17, 15) is 0 Å². The van der Waals surface area contributed by atoms with Gasteiger partial charge >= 0.3 is 0 Å². The molecule has 0 amide bonds. The molecule has 1 spiro atoms. The van der Waals surface area contributed by atoms with Gasteiger partial charge in [0.05, 0.1) is 6.61 Å². The number of benzene rings is 1. The molecule has 1 aromatic carbocycles. The van der Waals surface area contributed by atoms with Crippen LogP contribution >= 0.6 is 0 Å². The number of rotatable bonds is 1. The molecule has 4 rings (SSSR count). The minimum atomic E-state index is 0.232. The van der Waals surface area contributed by atoms with Crippen molar-refractivity contribution in [3.63, 3.8) is 0 Å². The van der Waals surface area contributed by atoms with Crippen LogP contribution in [0.15, 0.2) is 18.2 Å². The van der Waals surface area contributed by atoms with Crippen molar-refractivity contribution >= 4 is 5.69 Å². The van der Waals surface area contributed by atoms with Crippen LogP contribution in [0.3, 0.4) is 0 Å². The standard InChI is InChI=1S/C16H23N3O/c1-4-16(11-18-5-1)12-20-15-10-13(2-3-14(15)16)19-8-6-17-7-9-19/h2-3,10,17-18H,1,4-9,11-12H2. The summed E-state index contributed by atoms with van der Waals surface area (Å²) < 4.78 is 6.04. The number of hydrogen-bond acceptors (Lipinski definition) is 4. The normalized spacial score (nSPS) is 29.3. The molecule has 3 heterocycles. The van der Waals surface area contributed by atoms with E-state index in [1.165, 1.54) is 24.1 Å². The minimum absolute atomic E-state index is 0.232. The fraction of sp³-hybridized carbons (Fsp3) is 0.625. The molecule has 0 aliphatic carbocycles. The van der Waals surface area contributed by atoms with Gasteiger partial charge in [-0.05, 0) is 25.5 Å². The van der Waals surface area contributed by atoms with Crippen molar-refractivity contribution in [2.45, 2.75) is 18.3 Å². The van der Waals surface area contributed by atoms with Gasteiger partial charge in [-0.2, -0.15) is 0 Å². The van der Waals surface area contributed by atoms with E-state index in [1.54, 1.807) is 0 Å². The van der Waals surface area contributed by atoms with Gasteiger partial charge in [0.25, 0.3) is 0 Å². The lowest BCUT2D eigenvalue weighted by Gasteiger charge is -2.33. The molecule has 4 nitrogen and oxygen atoms in total. The summed E-state index contributed by atoms with van der Waals surface area (Å²) in [7, 11) is 0. The molecule has 1 unspecified atom stereocenters. The number of nitrogens with zero attached hydrogens (tertiary/aromatic N) is 1. The number of anilines is 1. The number of piperazine rings is 1. The topological polar surface area (TPSA) is 36.5 Å². The zero-order valence-electron chi connectivity index (χ0n) is 12.0. The maximum absolute atomic E-state index is 6.04. The van der Waals surface area contributed by atoms with E-state index in [0.717, 1.165) is 51.6 Å². The highest BCUT2D eigenvalue weighted by Gasteiger charge is 2.41. The van der Waals surface area contributed by atoms with Crippen LogP contribution < -0.4 is 20.3 Å². The average Bonchev–Trinajstić information content (AvgIpc) is 2.87. The van der Waals surface area contributed by atoms with E-state index in [4.69, 9.17) is 4.74 Å². The van der Waals surface area contributed by atoms with Crippen molar-refractivity contribution in [2.75, 3.05) is 50.8 Å². The predicted octanol–water partition coefficient (Wildman–Crippen LogP) is 1.11. The van der Waals surface area contributed by atoms with E-state index in [0.29, 0.717) is 0 Å². The summed E-state index contributed by atoms with van der Waals surface area (Å²) in [4.78, 5) is 2.45. The molecule has 0 saturated carbocycles. The predicted molar refractivity (Wildman–Crippen MR) is 80.8 cm³/mol. The van der Waals surface area contributed by atoms with Crippen LogP contribution in [-0.4, -0.2) is 45.9 Å². The Labute approximate surface area is 120 Å². The Morgan fingerprint density at radius 3 is 2.80 bits per heavy atom. The molecule has 3 aliphatic rings. The zero-order chi connectivity index (χ0) is 13.4. The fourth-order valence-electron chi connectivity index (χ4n) is 3.80.